The quantitative estimate of drug-likeness (QED) is 0.869. The van der Waals surface area contributed by atoms with Crippen molar-refractivity contribution in [1.82, 2.24) is 10.2 Å². The van der Waals surface area contributed by atoms with Gasteiger partial charge in [-0.15, -0.1) is 0 Å². The molecule has 2 atom stereocenters. The number of nitrogens with zero attached hydrogens (tertiary/aromatic N) is 1. The smallest absolute Gasteiger partial charge is 0.244 e. The van der Waals surface area contributed by atoms with Gasteiger partial charge in [0.15, 0.2) is 0 Å². The average molecular weight is 300 g/mol. The Morgan fingerprint density at radius 2 is 1.86 bits per heavy atom. The molecule has 4 nitrogen and oxygen atoms in total. The van der Waals surface area contributed by atoms with Gasteiger partial charge in [-0.2, -0.15) is 0 Å². The van der Waals surface area contributed by atoms with Gasteiger partial charge in [-0.3, -0.25) is 4.79 Å². The first-order valence-electron chi connectivity index (χ1n) is 8.00. The standard InChI is InChI=1S/C18H24N2O2/c1-20-15-6-7-16(20)12-14(11-15)19-18(21)10-5-13-3-8-17(22-2)9-4-13/h3-5,8-10,14-16H,6-7,11-12H2,1-2H3,(H,19,21). The van der Waals surface area contributed by atoms with Gasteiger partial charge < -0.3 is 15.0 Å². The van der Waals surface area contributed by atoms with Gasteiger partial charge in [0.05, 0.1) is 7.11 Å². The van der Waals surface area contributed by atoms with Gasteiger partial charge in [-0.05, 0) is 56.5 Å². The van der Waals surface area contributed by atoms with Crippen molar-refractivity contribution in [2.45, 2.75) is 43.8 Å². The number of rotatable bonds is 4. The highest BCUT2D eigenvalue weighted by Gasteiger charge is 2.38. The second-order valence-electron chi connectivity index (χ2n) is 6.33. The number of carbonyl (C=O) groups excluding carboxylic acids is 1. The minimum Gasteiger partial charge on any atom is -0.497 e. The third-order valence-corrected chi connectivity index (χ3v) is 4.99. The summed E-state index contributed by atoms with van der Waals surface area (Å²) in [5.74, 6) is 0.827. The van der Waals surface area contributed by atoms with E-state index in [4.69, 9.17) is 4.74 Å². The Kier molecular flexibility index (Phi) is 4.48. The normalized spacial score (nSPS) is 28.0. The summed E-state index contributed by atoms with van der Waals surface area (Å²) in [4.78, 5) is 14.6. The number of methoxy groups -OCH3 is 1. The Hall–Kier alpha value is -1.81. The van der Waals surface area contributed by atoms with E-state index >= 15 is 0 Å². The van der Waals surface area contributed by atoms with Crippen molar-refractivity contribution >= 4 is 12.0 Å². The van der Waals surface area contributed by atoms with E-state index < -0.39 is 0 Å². The summed E-state index contributed by atoms with van der Waals surface area (Å²) in [6, 6.07) is 9.29. The van der Waals surface area contributed by atoms with Crippen molar-refractivity contribution < 1.29 is 9.53 Å². The van der Waals surface area contributed by atoms with Gasteiger partial charge >= 0.3 is 0 Å². The molecule has 2 unspecified atom stereocenters. The lowest BCUT2D eigenvalue weighted by atomic mass is 9.98. The molecular weight excluding hydrogens is 276 g/mol. The third kappa shape index (κ3) is 3.33. The molecule has 2 aliphatic heterocycles. The van der Waals surface area contributed by atoms with E-state index in [1.807, 2.05) is 30.3 Å². The largest absolute Gasteiger partial charge is 0.497 e. The third-order valence-electron chi connectivity index (χ3n) is 4.99. The van der Waals surface area contributed by atoms with Crippen LogP contribution in [-0.4, -0.2) is 43.1 Å². The maximum Gasteiger partial charge on any atom is 0.244 e. The SMILES string of the molecule is COc1ccc(C=CC(=O)NC2CC3CCC(C2)N3C)cc1. The number of piperidine rings is 1. The first kappa shape index (κ1) is 15.1. The highest BCUT2D eigenvalue weighted by atomic mass is 16.5. The maximum absolute atomic E-state index is 12.1. The average Bonchev–Trinajstić information content (AvgIpc) is 2.75. The Morgan fingerprint density at radius 1 is 1.23 bits per heavy atom. The summed E-state index contributed by atoms with van der Waals surface area (Å²) >= 11 is 0. The fourth-order valence-electron chi connectivity index (χ4n) is 3.67. The first-order chi connectivity index (χ1) is 10.7. The molecule has 2 heterocycles. The van der Waals surface area contributed by atoms with Crippen LogP contribution in [0.1, 0.15) is 31.2 Å². The molecule has 2 saturated heterocycles. The Labute approximate surface area is 132 Å². The Morgan fingerprint density at radius 3 is 2.45 bits per heavy atom. The molecule has 0 saturated carbocycles. The topological polar surface area (TPSA) is 41.6 Å². The van der Waals surface area contributed by atoms with E-state index in [-0.39, 0.29) is 5.91 Å². The molecule has 2 bridgehead atoms. The maximum atomic E-state index is 12.1. The van der Waals surface area contributed by atoms with Crippen molar-refractivity contribution in [3.8, 4) is 5.75 Å². The number of benzene rings is 1. The summed E-state index contributed by atoms with van der Waals surface area (Å²) in [6.07, 6.45) is 8.18. The number of ether oxygens (including phenoxy) is 1. The van der Waals surface area contributed by atoms with E-state index in [1.165, 1.54) is 12.8 Å². The van der Waals surface area contributed by atoms with E-state index in [0.717, 1.165) is 24.2 Å². The van der Waals surface area contributed by atoms with Crippen molar-refractivity contribution in [3.05, 3.63) is 35.9 Å². The lowest BCUT2D eigenvalue weighted by Crippen LogP contribution is -2.48. The summed E-state index contributed by atoms with van der Waals surface area (Å²) in [5.41, 5.74) is 0.999. The molecular formula is C18H24N2O2. The molecule has 1 aromatic carbocycles. The lowest BCUT2D eigenvalue weighted by Gasteiger charge is -2.36. The number of hydrogen-bond acceptors (Lipinski definition) is 3. The van der Waals surface area contributed by atoms with E-state index in [2.05, 4.69) is 17.3 Å². The van der Waals surface area contributed by atoms with Gasteiger partial charge in [0, 0.05) is 24.2 Å². The van der Waals surface area contributed by atoms with Gasteiger partial charge in [-0.25, -0.2) is 0 Å². The van der Waals surface area contributed by atoms with Gasteiger partial charge in [0.2, 0.25) is 5.91 Å². The van der Waals surface area contributed by atoms with Crippen LogP contribution in [0.2, 0.25) is 0 Å². The molecule has 2 fully saturated rings. The summed E-state index contributed by atoms with van der Waals surface area (Å²) in [6.45, 7) is 0. The predicted molar refractivity (Wildman–Crippen MR) is 87.8 cm³/mol. The summed E-state index contributed by atoms with van der Waals surface area (Å²) in [7, 11) is 3.86. The molecule has 0 spiro atoms. The van der Waals surface area contributed by atoms with Crippen LogP contribution in [0.25, 0.3) is 6.08 Å². The van der Waals surface area contributed by atoms with Crippen LogP contribution in [0.3, 0.4) is 0 Å². The minimum absolute atomic E-state index is 0.00442. The second-order valence-corrected chi connectivity index (χ2v) is 6.33. The number of amides is 1. The highest BCUT2D eigenvalue weighted by Crippen LogP contribution is 2.34. The molecule has 22 heavy (non-hydrogen) atoms. The first-order valence-corrected chi connectivity index (χ1v) is 8.00. The van der Waals surface area contributed by atoms with Crippen LogP contribution >= 0.6 is 0 Å². The molecule has 1 aromatic rings. The number of carbonyl (C=O) groups is 1. The highest BCUT2D eigenvalue weighted by molar-refractivity contribution is 5.91. The van der Waals surface area contributed by atoms with E-state index in [1.54, 1.807) is 13.2 Å². The number of hydrogen-bond donors (Lipinski definition) is 1. The fraction of sp³-hybridized carbons (Fsp3) is 0.500. The monoisotopic (exact) mass is 300 g/mol. The van der Waals surface area contributed by atoms with Crippen LogP contribution in [-0.2, 0) is 4.79 Å². The van der Waals surface area contributed by atoms with Crippen LogP contribution in [0.15, 0.2) is 30.3 Å². The van der Waals surface area contributed by atoms with Crippen molar-refractivity contribution in [2.24, 2.45) is 0 Å². The van der Waals surface area contributed by atoms with E-state index in [9.17, 15) is 4.79 Å². The zero-order chi connectivity index (χ0) is 15.5. The number of fused-ring (bicyclic) bond motifs is 2. The Bertz CT molecular complexity index is 539. The fourth-order valence-corrected chi connectivity index (χ4v) is 3.67. The zero-order valence-corrected chi connectivity index (χ0v) is 13.3. The van der Waals surface area contributed by atoms with Crippen molar-refractivity contribution in [2.75, 3.05) is 14.2 Å². The molecule has 4 heteroatoms. The second kappa shape index (κ2) is 6.53. The molecule has 1 N–H and O–H groups in total. The van der Waals surface area contributed by atoms with Gasteiger partial charge in [0.1, 0.15) is 5.75 Å². The van der Waals surface area contributed by atoms with Gasteiger partial charge in [0.25, 0.3) is 0 Å². The van der Waals surface area contributed by atoms with Gasteiger partial charge in [-0.1, -0.05) is 12.1 Å². The lowest BCUT2D eigenvalue weighted by molar-refractivity contribution is -0.117. The zero-order valence-electron chi connectivity index (χ0n) is 13.3. The Balaban J connectivity index is 1.53. The molecule has 3 rings (SSSR count). The number of nitrogens with one attached hydrogen (secondary N) is 1. The predicted octanol–water partition coefficient (Wildman–Crippen LogP) is 2.45. The van der Waals surface area contributed by atoms with Crippen LogP contribution in [0.4, 0.5) is 0 Å². The molecule has 0 aromatic heterocycles. The molecule has 118 valence electrons. The van der Waals surface area contributed by atoms with Crippen LogP contribution in [0, 0.1) is 0 Å². The molecule has 2 aliphatic rings. The molecule has 0 radical (unpaired) electrons. The van der Waals surface area contributed by atoms with Crippen molar-refractivity contribution in [3.63, 3.8) is 0 Å². The summed E-state index contributed by atoms with van der Waals surface area (Å²) in [5, 5.41) is 3.16. The van der Waals surface area contributed by atoms with Crippen LogP contribution in [0.5, 0.6) is 5.75 Å². The summed E-state index contributed by atoms with van der Waals surface area (Å²) < 4.78 is 5.12. The van der Waals surface area contributed by atoms with E-state index in [0.29, 0.717) is 18.1 Å². The molecule has 1 amide bonds. The molecule has 0 aliphatic carbocycles. The van der Waals surface area contributed by atoms with Crippen molar-refractivity contribution in [1.29, 1.82) is 0 Å². The van der Waals surface area contributed by atoms with Crippen LogP contribution < -0.4 is 10.1 Å². The minimum atomic E-state index is 0.00442.